The van der Waals surface area contributed by atoms with Crippen LogP contribution in [0.5, 0.6) is 5.75 Å². The first-order valence-electron chi connectivity index (χ1n) is 12.5. The van der Waals surface area contributed by atoms with Crippen molar-refractivity contribution in [3.63, 3.8) is 0 Å². The molecule has 5 rings (SSSR count). The number of likely N-dealkylation sites (tertiary alicyclic amines) is 1. The van der Waals surface area contributed by atoms with Gasteiger partial charge in [0.2, 0.25) is 5.91 Å². The van der Waals surface area contributed by atoms with E-state index >= 15 is 0 Å². The number of aliphatic hydroxyl groups is 1. The number of methoxy groups -OCH3 is 1. The molecule has 2 fully saturated rings. The Balaban J connectivity index is 1.67. The highest BCUT2D eigenvalue weighted by Crippen LogP contribution is 2.58. The molecular formula is C27H32N2O7. The van der Waals surface area contributed by atoms with Crippen molar-refractivity contribution >= 4 is 23.5 Å². The van der Waals surface area contributed by atoms with E-state index in [0.29, 0.717) is 24.3 Å². The van der Waals surface area contributed by atoms with Crippen molar-refractivity contribution in [1.82, 2.24) is 4.90 Å². The van der Waals surface area contributed by atoms with Gasteiger partial charge >= 0.3 is 5.97 Å². The number of anilines is 1. The summed E-state index contributed by atoms with van der Waals surface area (Å²) >= 11 is 0. The van der Waals surface area contributed by atoms with Crippen LogP contribution in [0, 0.1) is 11.8 Å². The molecule has 4 aliphatic rings. The van der Waals surface area contributed by atoms with Gasteiger partial charge in [0, 0.05) is 12.2 Å². The largest absolute Gasteiger partial charge is 0.497 e. The van der Waals surface area contributed by atoms with E-state index < -0.39 is 41.1 Å². The molecule has 0 radical (unpaired) electrons. The molecule has 1 aromatic rings. The van der Waals surface area contributed by atoms with E-state index in [9.17, 15) is 19.5 Å². The van der Waals surface area contributed by atoms with Gasteiger partial charge in [-0.05, 0) is 43.2 Å². The number of esters is 1. The Labute approximate surface area is 210 Å². The Bertz CT molecular complexity index is 1110. The number of amides is 2. The van der Waals surface area contributed by atoms with E-state index in [1.54, 1.807) is 48.4 Å². The van der Waals surface area contributed by atoms with Crippen molar-refractivity contribution in [1.29, 1.82) is 0 Å². The normalized spacial score (nSPS) is 34.0. The summed E-state index contributed by atoms with van der Waals surface area (Å²) in [5.41, 5.74) is -1.80. The Morgan fingerprint density at radius 2 is 1.83 bits per heavy atom. The molecule has 36 heavy (non-hydrogen) atoms. The summed E-state index contributed by atoms with van der Waals surface area (Å²) in [6.45, 7) is 3.82. The van der Waals surface area contributed by atoms with Gasteiger partial charge in [0.15, 0.2) is 0 Å². The van der Waals surface area contributed by atoms with Gasteiger partial charge in [-0.2, -0.15) is 0 Å². The number of hydrogen-bond donors (Lipinski definition) is 1. The van der Waals surface area contributed by atoms with Crippen LogP contribution in [0.15, 0.2) is 48.6 Å². The van der Waals surface area contributed by atoms with Gasteiger partial charge in [0.25, 0.3) is 5.91 Å². The zero-order chi connectivity index (χ0) is 25.7. The molecule has 1 N–H and O–H groups in total. The molecule has 6 atom stereocenters. The molecule has 192 valence electrons. The molecule has 2 amide bonds. The summed E-state index contributed by atoms with van der Waals surface area (Å²) in [4.78, 5) is 44.8. The zero-order valence-electron chi connectivity index (χ0n) is 20.8. The molecule has 2 saturated heterocycles. The van der Waals surface area contributed by atoms with Crippen LogP contribution in [-0.4, -0.2) is 77.9 Å². The van der Waals surface area contributed by atoms with E-state index in [2.05, 4.69) is 0 Å². The molecule has 4 heterocycles. The molecule has 9 heteroatoms. The monoisotopic (exact) mass is 496 g/mol. The molecule has 0 saturated carbocycles. The molecule has 9 nitrogen and oxygen atoms in total. The standard InChI is InChI=1S/C27H32N2O7/c1-4-17(16-30)29-22-24(32)28(18-8-10-19(34-3)11-9-18)14-6-13-27(22)20(23(29)31)21-25(33)35-15-7-12-26(21,5-2)36-27/h6-13,17,20-22,30H,4-5,14-16H2,1-3H3/t17-,20-,21-,22?,26+,27-/m0/s1. The van der Waals surface area contributed by atoms with Crippen LogP contribution >= 0.6 is 0 Å². The number of hydrogen-bond acceptors (Lipinski definition) is 7. The van der Waals surface area contributed by atoms with E-state index in [-0.39, 0.29) is 31.6 Å². The molecule has 1 unspecified atom stereocenters. The average Bonchev–Trinajstić information content (AvgIpc) is 3.17. The molecule has 1 aromatic carbocycles. The third kappa shape index (κ3) is 3.33. The number of benzene rings is 1. The molecule has 0 bridgehead atoms. The van der Waals surface area contributed by atoms with Crippen LogP contribution in [0.25, 0.3) is 0 Å². The van der Waals surface area contributed by atoms with Gasteiger partial charge in [-0.15, -0.1) is 0 Å². The lowest BCUT2D eigenvalue weighted by molar-refractivity contribution is -0.159. The summed E-state index contributed by atoms with van der Waals surface area (Å²) in [5.74, 6) is -2.40. The fourth-order valence-corrected chi connectivity index (χ4v) is 6.34. The third-order valence-corrected chi connectivity index (χ3v) is 8.09. The molecule has 0 aromatic heterocycles. The number of ether oxygens (including phenoxy) is 3. The van der Waals surface area contributed by atoms with Crippen molar-refractivity contribution in [2.75, 3.05) is 31.8 Å². The van der Waals surface area contributed by atoms with Crippen LogP contribution < -0.4 is 9.64 Å². The highest BCUT2D eigenvalue weighted by molar-refractivity contribution is 6.05. The Morgan fingerprint density at radius 1 is 1.08 bits per heavy atom. The van der Waals surface area contributed by atoms with Crippen molar-refractivity contribution < 1.29 is 33.7 Å². The van der Waals surface area contributed by atoms with Gasteiger partial charge in [-0.3, -0.25) is 14.4 Å². The molecule has 1 spiro atoms. The van der Waals surface area contributed by atoms with Crippen LogP contribution in [-0.2, 0) is 23.9 Å². The minimum atomic E-state index is -1.38. The number of carbonyl (C=O) groups excluding carboxylic acids is 3. The lowest BCUT2D eigenvalue weighted by atomic mass is 9.73. The van der Waals surface area contributed by atoms with Crippen LogP contribution in [0.4, 0.5) is 5.69 Å². The van der Waals surface area contributed by atoms with Crippen molar-refractivity contribution in [2.24, 2.45) is 11.8 Å². The predicted molar refractivity (Wildman–Crippen MR) is 130 cm³/mol. The SMILES string of the molecule is CC[C@@H](CO)N1C(=O)[C@@H]2[C@H]3C(=O)OCC=C[C@@]3(CC)O[C@@]23C=CCN(c2ccc(OC)cc2)C(=O)C13. The fraction of sp³-hybridized carbons (Fsp3) is 0.519. The topological polar surface area (TPSA) is 106 Å². The molecule has 0 aliphatic carbocycles. The summed E-state index contributed by atoms with van der Waals surface area (Å²) < 4.78 is 17.5. The van der Waals surface area contributed by atoms with Gasteiger partial charge in [0.1, 0.15) is 35.5 Å². The van der Waals surface area contributed by atoms with Crippen molar-refractivity contribution in [3.05, 3.63) is 48.6 Å². The fourth-order valence-electron chi connectivity index (χ4n) is 6.34. The maximum absolute atomic E-state index is 14.3. The first-order valence-corrected chi connectivity index (χ1v) is 12.5. The second-order valence-corrected chi connectivity index (χ2v) is 9.69. The van der Waals surface area contributed by atoms with Gasteiger partial charge < -0.3 is 29.1 Å². The van der Waals surface area contributed by atoms with E-state index in [4.69, 9.17) is 14.2 Å². The Kier molecular flexibility index (Phi) is 6.16. The molecule has 4 aliphatic heterocycles. The van der Waals surface area contributed by atoms with Crippen LogP contribution in [0.2, 0.25) is 0 Å². The smallest absolute Gasteiger partial charge is 0.313 e. The van der Waals surface area contributed by atoms with Gasteiger partial charge in [-0.1, -0.05) is 32.1 Å². The second-order valence-electron chi connectivity index (χ2n) is 9.69. The van der Waals surface area contributed by atoms with Crippen LogP contribution in [0.1, 0.15) is 26.7 Å². The summed E-state index contributed by atoms with van der Waals surface area (Å²) in [6, 6.07) is 5.47. The number of carbonyl (C=O) groups is 3. The lowest BCUT2D eigenvalue weighted by Crippen LogP contribution is -2.59. The van der Waals surface area contributed by atoms with Crippen molar-refractivity contribution in [2.45, 2.75) is 50.0 Å². The average molecular weight is 497 g/mol. The third-order valence-electron chi connectivity index (χ3n) is 8.09. The first kappa shape index (κ1) is 24.5. The summed E-state index contributed by atoms with van der Waals surface area (Å²) in [6.07, 6.45) is 8.05. The number of rotatable bonds is 6. The first-order chi connectivity index (χ1) is 17.4. The van der Waals surface area contributed by atoms with E-state index in [0.717, 1.165) is 0 Å². The lowest BCUT2D eigenvalue weighted by Gasteiger charge is -2.40. The highest BCUT2D eigenvalue weighted by Gasteiger charge is 2.76. The number of fused-ring (bicyclic) bond motifs is 2. The summed E-state index contributed by atoms with van der Waals surface area (Å²) in [7, 11) is 1.57. The maximum Gasteiger partial charge on any atom is 0.313 e. The number of nitrogens with zero attached hydrogens (tertiary/aromatic N) is 2. The Hall–Kier alpha value is -3.17. The summed E-state index contributed by atoms with van der Waals surface area (Å²) in [5, 5.41) is 10.2. The zero-order valence-corrected chi connectivity index (χ0v) is 20.8. The molecular weight excluding hydrogens is 464 g/mol. The van der Waals surface area contributed by atoms with Gasteiger partial charge in [0.05, 0.1) is 25.7 Å². The second kappa shape index (κ2) is 9.05. The minimum Gasteiger partial charge on any atom is -0.497 e. The van der Waals surface area contributed by atoms with Crippen LogP contribution in [0.3, 0.4) is 0 Å². The number of aliphatic hydroxyl groups excluding tert-OH is 1. The van der Waals surface area contributed by atoms with E-state index in [1.807, 2.05) is 26.0 Å². The Morgan fingerprint density at radius 3 is 2.47 bits per heavy atom. The van der Waals surface area contributed by atoms with Crippen molar-refractivity contribution in [3.8, 4) is 5.75 Å². The predicted octanol–water partition coefficient (Wildman–Crippen LogP) is 1.84. The van der Waals surface area contributed by atoms with E-state index in [1.165, 1.54) is 4.90 Å². The maximum atomic E-state index is 14.3. The quantitative estimate of drug-likeness (QED) is 0.473. The van der Waals surface area contributed by atoms with Gasteiger partial charge in [-0.25, -0.2) is 0 Å². The highest BCUT2D eigenvalue weighted by atomic mass is 16.6. The number of cyclic esters (lactones) is 1. The minimum absolute atomic E-state index is 0.107.